The molecule has 1 aliphatic heterocycles. The predicted molar refractivity (Wildman–Crippen MR) is 153 cm³/mol. The summed E-state index contributed by atoms with van der Waals surface area (Å²) >= 11 is 0. The van der Waals surface area contributed by atoms with E-state index in [1.807, 2.05) is 68.6 Å². The molecule has 0 bridgehead atoms. The second-order valence-corrected chi connectivity index (χ2v) is 9.74. The van der Waals surface area contributed by atoms with Crippen molar-refractivity contribution in [3.63, 3.8) is 0 Å². The van der Waals surface area contributed by atoms with Gasteiger partial charge in [0, 0.05) is 29.2 Å². The molecular weight excluding hydrogens is 490 g/mol. The number of carbonyl (C=O) groups excluding carboxylic acids is 3. The first-order valence-electron chi connectivity index (χ1n) is 13.1. The minimum Gasteiger partial charge on any atom is -0.493 e. The van der Waals surface area contributed by atoms with Gasteiger partial charge in [-0.2, -0.15) is 0 Å². The average Bonchev–Trinajstić information content (AvgIpc) is 3.27. The number of aryl methyl sites for hydroxylation is 4. The molecule has 4 aromatic rings. The van der Waals surface area contributed by atoms with Crippen LogP contribution in [0.1, 0.15) is 35.6 Å². The number of urea groups is 1. The number of aromatic nitrogens is 1. The molecule has 0 spiro atoms. The van der Waals surface area contributed by atoms with E-state index >= 15 is 0 Å². The molecule has 5 rings (SSSR count). The minimum absolute atomic E-state index is 0.0877. The molecule has 7 nitrogen and oxygen atoms in total. The highest BCUT2D eigenvalue weighted by Crippen LogP contribution is 2.27. The first-order valence-corrected chi connectivity index (χ1v) is 13.1. The third kappa shape index (κ3) is 5.34. The number of hydrogen-bond acceptors (Lipinski definition) is 4. The van der Waals surface area contributed by atoms with Gasteiger partial charge in [-0.15, -0.1) is 0 Å². The third-order valence-electron chi connectivity index (χ3n) is 6.96. The molecule has 1 fully saturated rings. The normalized spacial score (nSPS) is 14.8. The van der Waals surface area contributed by atoms with Crippen molar-refractivity contribution in [2.45, 2.75) is 40.2 Å². The van der Waals surface area contributed by atoms with Crippen LogP contribution in [0.15, 0.2) is 78.5 Å². The van der Waals surface area contributed by atoms with Crippen molar-refractivity contribution in [3.8, 4) is 5.75 Å². The molecule has 1 aromatic heterocycles. The molecule has 2 heterocycles. The van der Waals surface area contributed by atoms with Crippen LogP contribution in [-0.4, -0.2) is 29.0 Å². The van der Waals surface area contributed by atoms with E-state index in [1.54, 1.807) is 18.2 Å². The van der Waals surface area contributed by atoms with E-state index < -0.39 is 17.8 Å². The lowest BCUT2D eigenvalue weighted by Gasteiger charge is -2.26. The lowest BCUT2D eigenvalue weighted by atomic mass is 10.1. The second kappa shape index (κ2) is 11.0. The van der Waals surface area contributed by atoms with Crippen molar-refractivity contribution in [2.24, 2.45) is 0 Å². The maximum Gasteiger partial charge on any atom is 0.335 e. The Hall–Kier alpha value is -4.65. The maximum absolute atomic E-state index is 13.4. The highest BCUT2D eigenvalue weighted by molar-refractivity contribution is 6.39. The molecule has 39 heavy (non-hydrogen) atoms. The molecule has 1 saturated heterocycles. The van der Waals surface area contributed by atoms with Crippen LogP contribution >= 0.6 is 0 Å². The van der Waals surface area contributed by atoms with Gasteiger partial charge in [0.1, 0.15) is 11.3 Å². The second-order valence-electron chi connectivity index (χ2n) is 9.74. The number of para-hydroxylation sites is 1. The summed E-state index contributed by atoms with van der Waals surface area (Å²) in [5, 5.41) is 3.23. The summed E-state index contributed by atoms with van der Waals surface area (Å²) in [5.74, 6) is -0.467. The molecule has 3 aromatic carbocycles. The van der Waals surface area contributed by atoms with Crippen LogP contribution < -0.4 is 15.0 Å². The number of benzene rings is 3. The monoisotopic (exact) mass is 521 g/mol. The molecule has 0 atom stereocenters. The lowest BCUT2D eigenvalue weighted by molar-refractivity contribution is -0.122. The van der Waals surface area contributed by atoms with Gasteiger partial charge in [0.15, 0.2) is 0 Å². The van der Waals surface area contributed by atoms with Crippen LogP contribution in [0.2, 0.25) is 0 Å². The number of carbonyl (C=O) groups is 3. The highest BCUT2D eigenvalue weighted by atomic mass is 16.5. The fraction of sp³-hybridized carbons (Fsp3) is 0.219. The van der Waals surface area contributed by atoms with E-state index in [1.165, 1.54) is 5.56 Å². The van der Waals surface area contributed by atoms with E-state index in [-0.39, 0.29) is 5.57 Å². The Morgan fingerprint density at radius 3 is 2.46 bits per heavy atom. The summed E-state index contributed by atoms with van der Waals surface area (Å²) in [6.07, 6.45) is 5.12. The fourth-order valence-electron chi connectivity index (χ4n) is 4.88. The Kier molecular flexibility index (Phi) is 7.32. The SMILES string of the molecule is CCc1ccc(N2C(=O)NC(=O)/C(=C/c3cn(CCCOc4ccc(C)cc4C)c4ccccc34)C2=O)cc1. The molecule has 0 aliphatic carbocycles. The average molecular weight is 522 g/mol. The van der Waals surface area contributed by atoms with Gasteiger partial charge in [-0.3, -0.25) is 14.9 Å². The topological polar surface area (TPSA) is 80.6 Å². The van der Waals surface area contributed by atoms with Gasteiger partial charge in [-0.25, -0.2) is 9.69 Å². The zero-order chi connectivity index (χ0) is 27.5. The number of fused-ring (bicyclic) bond motifs is 1. The number of nitrogens with one attached hydrogen (secondary N) is 1. The maximum atomic E-state index is 13.4. The Labute approximate surface area is 227 Å². The first-order chi connectivity index (χ1) is 18.9. The number of amides is 4. The van der Waals surface area contributed by atoms with Crippen molar-refractivity contribution in [2.75, 3.05) is 11.5 Å². The molecule has 0 unspecified atom stereocenters. The molecular formula is C32H31N3O4. The van der Waals surface area contributed by atoms with Crippen molar-refractivity contribution < 1.29 is 19.1 Å². The smallest absolute Gasteiger partial charge is 0.335 e. The highest BCUT2D eigenvalue weighted by Gasteiger charge is 2.37. The van der Waals surface area contributed by atoms with Gasteiger partial charge in [-0.05, 0) is 68.2 Å². The molecule has 0 saturated carbocycles. The largest absolute Gasteiger partial charge is 0.493 e. The van der Waals surface area contributed by atoms with Crippen LogP contribution in [0.5, 0.6) is 5.75 Å². The van der Waals surface area contributed by atoms with E-state index in [2.05, 4.69) is 22.9 Å². The van der Waals surface area contributed by atoms with Crippen LogP contribution in [0.25, 0.3) is 17.0 Å². The summed E-state index contributed by atoms with van der Waals surface area (Å²) in [4.78, 5) is 39.8. The van der Waals surface area contributed by atoms with Crippen LogP contribution in [0.4, 0.5) is 10.5 Å². The van der Waals surface area contributed by atoms with Crippen molar-refractivity contribution >= 4 is 40.5 Å². The predicted octanol–water partition coefficient (Wildman–Crippen LogP) is 5.96. The van der Waals surface area contributed by atoms with Gasteiger partial charge in [0.25, 0.3) is 11.8 Å². The Balaban J connectivity index is 1.38. The van der Waals surface area contributed by atoms with Crippen LogP contribution in [-0.2, 0) is 22.6 Å². The fourth-order valence-corrected chi connectivity index (χ4v) is 4.88. The third-order valence-corrected chi connectivity index (χ3v) is 6.96. The van der Waals surface area contributed by atoms with E-state index in [9.17, 15) is 14.4 Å². The van der Waals surface area contributed by atoms with Crippen LogP contribution in [0, 0.1) is 13.8 Å². The summed E-state index contributed by atoms with van der Waals surface area (Å²) < 4.78 is 8.10. The Morgan fingerprint density at radius 2 is 1.72 bits per heavy atom. The summed E-state index contributed by atoms with van der Waals surface area (Å²) in [6.45, 7) is 7.38. The number of hydrogen-bond donors (Lipinski definition) is 1. The van der Waals surface area contributed by atoms with Crippen molar-refractivity contribution in [1.29, 1.82) is 0 Å². The molecule has 198 valence electrons. The number of anilines is 1. The van der Waals surface area contributed by atoms with E-state index in [4.69, 9.17) is 4.74 Å². The molecule has 7 heteroatoms. The van der Waals surface area contributed by atoms with Crippen molar-refractivity contribution in [3.05, 3.63) is 101 Å². The van der Waals surface area contributed by atoms with Crippen LogP contribution in [0.3, 0.4) is 0 Å². The van der Waals surface area contributed by atoms with Crippen molar-refractivity contribution in [1.82, 2.24) is 9.88 Å². The Morgan fingerprint density at radius 1 is 0.949 bits per heavy atom. The molecule has 0 radical (unpaired) electrons. The first kappa shape index (κ1) is 26.0. The quantitative estimate of drug-likeness (QED) is 0.176. The van der Waals surface area contributed by atoms with E-state index in [0.717, 1.165) is 51.1 Å². The number of imide groups is 2. The number of ether oxygens (including phenoxy) is 1. The molecule has 1 N–H and O–H groups in total. The molecule has 1 aliphatic rings. The number of barbiturate groups is 1. The van der Waals surface area contributed by atoms with Gasteiger partial charge in [-0.1, -0.05) is 55.0 Å². The van der Waals surface area contributed by atoms with Gasteiger partial charge < -0.3 is 9.30 Å². The summed E-state index contributed by atoms with van der Waals surface area (Å²) in [5.41, 5.74) is 5.45. The lowest BCUT2D eigenvalue weighted by Crippen LogP contribution is -2.54. The zero-order valence-corrected chi connectivity index (χ0v) is 22.4. The minimum atomic E-state index is -0.752. The zero-order valence-electron chi connectivity index (χ0n) is 22.4. The van der Waals surface area contributed by atoms with Gasteiger partial charge >= 0.3 is 6.03 Å². The Bertz CT molecular complexity index is 1600. The standard InChI is InChI=1S/C32H31N3O4/c1-4-23-11-13-25(14-12-23)35-31(37)27(30(36)33-32(35)38)19-24-20-34(28-9-6-5-8-26(24)28)16-7-17-39-29-15-10-21(2)18-22(29)3/h5-6,8-15,18-20H,4,7,16-17H2,1-3H3,(H,33,36,38)/b27-19-. The van der Waals surface area contributed by atoms with Gasteiger partial charge in [0.2, 0.25) is 0 Å². The number of rotatable bonds is 8. The molecule has 4 amide bonds. The summed E-state index contributed by atoms with van der Waals surface area (Å²) in [6, 6.07) is 20.4. The van der Waals surface area contributed by atoms with E-state index in [0.29, 0.717) is 18.8 Å². The number of nitrogens with zero attached hydrogens (tertiary/aromatic N) is 2. The summed E-state index contributed by atoms with van der Waals surface area (Å²) in [7, 11) is 0. The van der Waals surface area contributed by atoms with Gasteiger partial charge in [0.05, 0.1) is 12.3 Å².